The van der Waals surface area contributed by atoms with E-state index in [-0.39, 0.29) is 0 Å². The van der Waals surface area contributed by atoms with Gasteiger partial charge >= 0.3 is 0 Å². The molecule has 0 saturated carbocycles. The summed E-state index contributed by atoms with van der Waals surface area (Å²) in [7, 11) is 0. The first kappa shape index (κ1) is 13.2. The second kappa shape index (κ2) is 6.09. The second-order valence-corrected chi connectivity index (χ2v) is 6.28. The average molecular weight is 378 g/mol. The van der Waals surface area contributed by atoms with Gasteiger partial charge in [-0.2, -0.15) is 0 Å². The highest BCUT2D eigenvalue weighted by Gasteiger charge is 2.15. The summed E-state index contributed by atoms with van der Waals surface area (Å²) in [4.78, 5) is 1.11. The van der Waals surface area contributed by atoms with Crippen LogP contribution in [0.4, 0.5) is 0 Å². The SMILES string of the molecule is OC(CSc1cccc(Br)c1)c1occc1Br. The van der Waals surface area contributed by atoms with Crippen LogP contribution in [0.15, 0.2) is 54.9 Å². The van der Waals surface area contributed by atoms with Crippen molar-refractivity contribution < 1.29 is 9.52 Å². The standard InChI is InChI=1S/C12H10Br2O2S/c13-8-2-1-3-9(6-8)17-7-11(15)12-10(14)4-5-16-12/h1-6,11,15H,7H2. The van der Waals surface area contributed by atoms with Gasteiger partial charge in [-0.05, 0) is 40.2 Å². The lowest BCUT2D eigenvalue weighted by Crippen LogP contribution is -1.99. The molecular weight excluding hydrogens is 368 g/mol. The third-order valence-corrected chi connectivity index (χ3v) is 4.37. The molecule has 2 nitrogen and oxygen atoms in total. The fraction of sp³-hybridized carbons (Fsp3) is 0.167. The Hall–Kier alpha value is -0.230. The molecule has 0 saturated heterocycles. The number of thioether (sulfide) groups is 1. The van der Waals surface area contributed by atoms with E-state index >= 15 is 0 Å². The van der Waals surface area contributed by atoms with Gasteiger partial charge in [0.2, 0.25) is 0 Å². The van der Waals surface area contributed by atoms with Crippen LogP contribution in [-0.4, -0.2) is 10.9 Å². The molecule has 1 atom stereocenters. The van der Waals surface area contributed by atoms with E-state index in [0.717, 1.165) is 13.8 Å². The molecule has 1 heterocycles. The number of hydrogen-bond acceptors (Lipinski definition) is 3. The molecule has 0 aliphatic rings. The summed E-state index contributed by atoms with van der Waals surface area (Å²) in [6.07, 6.45) is 0.954. The molecule has 1 aromatic carbocycles. The highest BCUT2D eigenvalue weighted by Crippen LogP contribution is 2.30. The molecule has 90 valence electrons. The number of halogens is 2. The zero-order valence-corrected chi connectivity index (χ0v) is 12.8. The first-order valence-electron chi connectivity index (χ1n) is 4.96. The van der Waals surface area contributed by atoms with Gasteiger partial charge in [0.05, 0.1) is 10.7 Å². The third kappa shape index (κ3) is 3.61. The van der Waals surface area contributed by atoms with Gasteiger partial charge in [-0.15, -0.1) is 11.8 Å². The Kier molecular flexibility index (Phi) is 4.73. The van der Waals surface area contributed by atoms with E-state index < -0.39 is 6.10 Å². The summed E-state index contributed by atoms with van der Waals surface area (Å²) >= 11 is 8.34. The number of aliphatic hydroxyl groups excluding tert-OH is 1. The average Bonchev–Trinajstić information content (AvgIpc) is 2.72. The molecule has 0 fully saturated rings. The van der Waals surface area contributed by atoms with E-state index in [1.165, 1.54) is 0 Å². The van der Waals surface area contributed by atoms with Gasteiger partial charge in [-0.3, -0.25) is 0 Å². The van der Waals surface area contributed by atoms with Crippen molar-refractivity contribution in [3.8, 4) is 0 Å². The summed E-state index contributed by atoms with van der Waals surface area (Å²) in [6, 6.07) is 9.77. The number of aliphatic hydroxyl groups is 1. The molecule has 0 amide bonds. The van der Waals surface area contributed by atoms with Crippen LogP contribution >= 0.6 is 43.6 Å². The minimum atomic E-state index is -0.608. The highest BCUT2D eigenvalue weighted by atomic mass is 79.9. The van der Waals surface area contributed by atoms with Crippen molar-refractivity contribution in [1.82, 2.24) is 0 Å². The molecular formula is C12H10Br2O2S. The van der Waals surface area contributed by atoms with Crippen LogP contribution in [0.5, 0.6) is 0 Å². The molecule has 2 aromatic rings. The van der Waals surface area contributed by atoms with Crippen LogP contribution in [0.3, 0.4) is 0 Å². The number of hydrogen-bond donors (Lipinski definition) is 1. The zero-order chi connectivity index (χ0) is 12.3. The number of rotatable bonds is 4. The molecule has 0 spiro atoms. The lowest BCUT2D eigenvalue weighted by molar-refractivity contribution is 0.173. The maximum Gasteiger partial charge on any atom is 0.147 e. The molecule has 1 unspecified atom stereocenters. The Balaban J connectivity index is 1.97. The van der Waals surface area contributed by atoms with Gasteiger partial charge in [-0.25, -0.2) is 0 Å². The lowest BCUT2D eigenvalue weighted by Gasteiger charge is -2.08. The molecule has 17 heavy (non-hydrogen) atoms. The van der Waals surface area contributed by atoms with Crippen molar-refractivity contribution >= 4 is 43.6 Å². The number of furan rings is 1. The quantitative estimate of drug-likeness (QED) is 0.788. The highest BCUT2D eigenvalue weighted by molar-refractivity contribution is 9.10. The number of benzene rings is 1. The van der Waals surface area contributed by atoms with E-state index in [1.54, 1.807) is 24.1 Å². The van der Waals surface area contributed by atoms with Crippen molar-refractivity contribution in [3.05, 3.63) is 51.3 Å². The molecule has 0 aliphatic carbocycles. The summed E-state index contributed by atoms with van der Waals surface area (Å²) in [6.45, 7) is 0. The fourth-order valence-corrected chi connectivity index (χ4v) is 3.25. The normalized spacial score (nSPS) is 12.6. The second-order valence-electron chi connectivity index (χ2n) is 3.42. The molecule has 1 aromatic heterocycles. The van der Waals surface area contributed by atoms with Crippen molar-refractivity contribution in [2.75, 3.05) is 5.75 Å². The van der Waals surface area contributed by atoms with E-state index in [9.17, 15) is 5.11 Å². The van der Waals surface area contributed by atoms with Gasteiger partial charge in [0, 0.05) is 15.1 Å². The van der Waals surface area contributed by atoms with Crippen LogP contribution in [0.1, 0.15) is 11.9 Å². The van der Waals surface area contributed by atoms with Gasteiger partial charge in [0.15, 0.2) is 0 Å². The molecule has 2 rings (SSSR count). The van der Waals surface area contributed by atoms with Gasteiger partial charge in [-0.1, -0.05) is 22.0 Å². The van der Waals surface area contributed by atoms with Crippen LogP contribution in [0, 0.1) is 0 Å². The van der Waals surface area contributed by atoms with E-state index in [1.807, 2.05) is 24.3 Å². The summed E-state index contributed by atoms with van der Waals surface area (Å²) < 4.78 is 7.06. The smallest absolute Gasteiger partial charge is 0.147 e. The Morgan fingerprint density at radius 2 is 2.12 bits per heavy atom. The predicted octanol–water partition coefficient (Wildman–Crippen LogP) is 4.63. The lowest BCUT2D eigenvalue weighted by atomic mass is 10.3. The molecule has 5 heteroatoms. The zero-order valence-electron chi connectivity index (χ0n) is 8.77. The molecule has 0 bridgehead atoms. The Bertz CT molecular complexity index is 499. The topological polar surface area (TPSA) is 33.4 Å². The Morgan fingerprint density at radius 1 is 1.29 bits per heavy atom. The molecule has 1 N–H and O–H groups in total. The van der Waals surface area contributed by atoms with E-state index in [2.05, 4.69) is 31.9 Å². The first-order chi connectivity index (χ1) is 8.16. The van der Waals surface area contributed by atoms with Crippen LogP contribution in [0.2, 0.25) is 0 Å². The minimum Gasteiger partial charge on any atom is -0.465 e. The molecule has 0 aliphatic heterocycles. The van der Waals surface area contributed by atoms with Crippen LogP contribution in [0.25, 0.3) is 0 Å². The van der Waals surface area contributed by atoms with Crippen LogP contribution < -0.4 is 0 Å². The summed E-state index contributed by atoms with van der Waals surface area (Å²) in [5, 5.41) is 9.96. The van der Waals surface area contributed by atoms with Gasteiger partial charge in [0.25, 0.3) is 0 Å². The van der Waals surface area contributed by atoms with E-state index in [0.29, 0.717) is 11.5 Å². The van der Waals surface area contributed by atoms with Crippen molar-refractivity contribution in [3.63, 3.8) is 0 Å². The predicted molar refractivity (Wildman–Crippen MR) is 76.2 cm³/mol. The maximum absolute atomic E-state index is 9.96. The first-order valence-corrected chi connectivity index (χ1v) is 7.53. The maximum atomic E-state index is 9.96. The van der Waals surface area contributed by atoms with Crippen molar-refractivity contribution in [2.24, 2.45) is 0 Å². The minimum absolute atomic E-state index is 0.558. The van der Waals surface area contributed by atoms with Crippen molar-refractivity contribution in [2.45, 2.75) is 11.0 Å². The van der Waals surface area contributed by atoms with Crippen LogP contribution in [-0.2, 0) is 0 Å². The molecule has 0 radical (unpaired) electrons. The Morgan fingerprint density at radius 3 is 2.76 bits per heavy atom. The summed E-state index contributed by atoms with van der Waals surface area (Å²) in [5.41, 5.74) is 0. The monoisotopic (exact) mass is 376 g/mol. The fourth-order valence-electron chi connectivity index (χ4n) is 1.35. The van der Waals surface area contributed by atoms with Gasteiger partial charge < -0.3 is 9.52 Å². The Labute approximate surface area is 121 Å². The third-order valence-electron chi connectivity index (χ3n) is 2.15. The van der Waals surface area contributed by atoms with Crippen molar-refractivity contribution in [1.29, 1.82) is 0 Å². The van der Waals surface area contributed by atoms with E-state index in [4.69, 9.17) is 4.42 Å². The van der Waals surface area contributed by atoms with Gasteiger partial charge in [0.1, 0.15) is 11.9 Å². The largest absolute Gasteiger partial charge is 0.465 e. The summed E-state index contributed by atoms with van der Waals surface area (Å²) in [5.74, 6) is 1.13.